The van der Waals surface area contributed by atoms with Crippen LogP contribution in [0.1, 0.15) is 17.3 Å². The highest BCUT2D eigenvalue weighted by Crippen LogP contribution is 2.32. The Morgan fingerprint density at radius 2 is 1.85 bits per heavy atom. The quantitative estimate of drug-likeness (QED) is 0.335. The largest absolute Gasteiger partial charge is 0.457 e. The Bertz CT molecular complexity index is 1540. The Morgan fingerprint density at radius 3 is 2.60 bits per heavy atom. The van der Waals surface area contributed by atoms with Crippen molar-refractivity contribution >= 4 is 34.2 Å². The number of benzene rings is 2. The van der Waals surface area contributed by atoms with Crippen LogP contribution in [0.15, 0.2) is 79.1 Å². The molecule has 1 N–H and O–H groups in total. The minimum absolute atomic E-state index is 0.263. The van der Waals surface area contributed by atoms with Crippen molar-refractivity contribution in [2.24, 2.45) is 0 Å². The van der Waals surface area contributed by atoms with E-state index in [9.17, 15) is 9.59 Å². The Labute approximate surface area is 232 Å². The smallest absolute Gasteiger partial charge is 0.302 e. The van der Waals surface area contributed by atoms with Crippen molar-refractivity contribution in [3.63, 3.8) is 0 Å². The van der Waals surface area contributed by atoms with Crippen LogP contribution in [0, 0.1) is 11.8 Å². The summed E-state index contributed by atoms with van der Waals surface area (Å²) in [6, 6.07) is 19.6. The molecule has 1 aliphatic rings. The van der Waals surface area contributed by atoms with Gasteiger partial charge in [0.05, 0.1) is 18.7 Å². The summed E-state index contributed by atoms with van der Waals surface area (Å²) < 4.78 is 11.6. The first-order valence-corrected chi connectivity index (χ1v) is 13.0. The van der Waals surface area contributed by atoms with E-state index in [1.165, 1.54) is 0 Å². The number of hydrogen-bond donors (Lipinski definition) is 1. The number of pyridine rings is 2. The van der Waals surface area contributed by atoms with E-state index in [-0.39, 0.29) is 11.8 Å². The van der Waals surface area contributed by atoms with E-state index < -0.39 is 0 Å². The molecule has 0 saturated carbocycles. The van der Waals surface area contributed by atoms with Gasteiger partial charge in [0.25, 0.3) is 5.91 Å². The standard InChI is InChI=1S/C31H29N5O4/c1-2-5-30(37)36(17-16-35-18-20-39-21-19-35)24-9-12-27-26(22-24)28(13-15-32-27)40-25-10-7-23(8-11-25)31(38)34-29-6-3-4-14-33-29/h3-4,6-15,22H,16-21H2,1H3,(H,33,34,38). The Hall–Kier alpha value is -4.78. The lowest BCUT2D eigenvalue weighted by molar-refractivity contribution is -0.113. The van der Waals surface area contributed by atoms with Crippen LogP contribution in [0.25, 0.3) is 10.9 Å². The Kier molecular flexibility index (Phi) is 8.61. The molecule has 9 heteroatoms. The number of nitrogens with zero attached hydrogens (tertiary/aromatic N) is 4. The van der Waals surface area contributed by atoms with Gasteiger partial charge >= 0.3 is 5.91 Å². The lowest BCUT2D eigenvalue weighted by atomic mass is 10.1. The zero-order chi connectivity index (χ0) is 27.7. The van der Waals surface area contributed by atoms with Crippen molar-refractivity contribution in [1.29, 1.82) is 0 Å². The van der Waals surface area contributed by atoms with Gasteiger partial charge in [0.2, 0.25) is 0 Å². The van der Waals surface area contributed by atoms with E-state index in [0.717, 1.165) is 30.5 Å². The number of carbonyl (C=O) groups excluding carboxylic acids is 2. The van der Waals surface area contributed by atoms with Gasteiger partial charge in [0, 0.05) is 55.2 Å². The molecule has 202 valence electrons. The minimum atomic E-state index is -0.263. The van der Waals surface area contributed by atoms with Crippen molar-refractivity contribution in [3.8, 4) is 23.3 Å². The van der Waals surface area contributed by atoms with E-state index in [2.05, 4.69) is 32.0 Å². The van der Waals surface area contributed by atoms with Gasteiger partial charge in [-0.2, -0.15) is 0 Å². The second-order valence-corrected chi connectivity index (χ2v) is 9.09. The maximum absolute atomic E-state index is 13.0. The monoisotopic (exact) mass is 535 g/mol. The van der Waals surface area contributed by atoms with Gasteiger partial charge in [0.1, 0.15) is 17.3 Å². The van der Waals surface area contributed by atoms with Crippen molar-refractivity contribution in [3.05, 3.63) is 84.7 Å². The molecule has 2 aromatic carbocycles. The molecule has 0 bridgehead atoms. The normalized spacial score (nSPS) is 13.2. The van der Waals surface area contributed by atoms with Gasteiger partial charge in [-0.1, -0.05) is 12.0 Å². The molecule has 5 rings (SSSR count). The zero-order valence-electron chi connectivity index (χ0n) is 22.2. The molecule has 0 atom stereocenters. The Balaban J connectivity index is 1.35. The van der Waals surface area contributed by atoms with E-state index in [4.69, 9.17) is 9.47 Å². The van der Waals surface area contributed by atoms with Gasteiger partial charge in [0.15, 0.2) is 0 Å². The first-order chi connectivity index (χ1) is 19.6. The van der Waals surface area contributed by atoms with Crippen LogP contribution >= 0.6 is 0 Å². The number of morpholine rings is 1. The summed E-state index contributed by atoms with van der Waals surface area (Å²) in [5.74, 6) is 6.49. The van der Waals surface area contributed by atoms with E-state index in [1.54, 1.807) is 72.7 Å². The van der Waals surface area contributed by atoms with Gasteiger partial charge in [-0.15, -0.1) is 0 Å². The molecule has 0 radical (unpaired) electrons. The van der Waals surface area contributed by atoms with Gasteiger partial charge in [-0.3, -0.25) is 19.5 Å². The molecule has 2 aromatic heterocycles. The molecule has 1 fully saturated rings. The number of rotatable bonds is 8. The first-order valence-electron chi connectivity index (χ1n) is 13.0. The number of aromatic nitrogens is 2. The summed E-state index contributed by atoms with van der Waals surface area (Å²) in [6.45, 7) is 5.94. The SMILES string of the molecule is CC#CC(=O)N(CCN1CCOCC1)c1ccc2nccc(Oc3ccc(C(=O)Nc4ccccn4)cc3)c2c1. The number of hydrogen-bond acceptors (Lipinski definition) is 7. The maximum atomic E-state index is 13.0. The number of anilines is 2. The van der Waals surface area contributed by atoms with E-state index >= 15 is 0 Å². The summed E-state index contributed by atoms with van der Waals surface area (Å²) in [5.41, 5.74) is 1.92. The highest BCUT2D eigenvalue weighted by molar-refractivity contribution is 6.07. The molecule has 1 aliphatic heterocycles. The number of nitrogens with one attached hydrogen (secondary N) is 1. The second-order valence-electron chi connectivity index (χ2n) is 9.09. The fraction of sp³-hybridized carbons (Fsp3) is 0.226. The van der Waals surface area contributed by atoms with Crippen molar-refractivity contribution in [2.45, 2.75) is 6.92 Å². The van der Waals surface area contributed by atoms with E-state index in [1.807, 2.05) is 18.2 Å². The van der Waals surface area contributed by atoms with Crippen LogP contribution in [-0.4, -0.2) is 66.1 Å². The average Bonchev–Trinajstić information content (AvgIpc) is 2.99. The van der Waals surface area contributed by atoms with Crippen molar-refractivity contribution in [1.82, 2.24) is 14.9 Å². The van der Waals surface area contributed by atoms with Crippen LogP contribution in [0.2, 0.25) is 0 Å². The number of amides is 2. The van der Waals surface area contributed by atoms with Crippen LogP contribution in [0.3, 0.4) is 0 Å². The first kappa shape index (κ1) is 26.8. The zero-order valence-corrected chi connectivity index (χ0v) is 22.2. The molecule has 0 spiro atoms. The number of fused-ring (bicyclic) bond motifs is 1. The van der Waals surface area contributed by atoms with Crippen LogP contribution in [-0.2, 0) is 9.53 Å². The second kappa shape index (κ2) is 12.8. The summed E-state index contributed by atoms with van der Waals surface area (Å²) in [7, 11) is 0. The van der Waals surface area contributed by atoms with Crippen LogP contribution in [0.5, 0.6) is 11.5 Å². The molecular weight excluding hydrogens is 506 g/mol. The van der Waals surface area contributed by atoms with Crippen LogP contribution < -0.4 is 15.0 Å². The van der Waals surface area contributed by atoms with Gasteiger partial charge in [-0.05, 0) is 73.5 Å². The predicted octanol–water partition coefficient (Wildman–Crippen LogP) is 4.36. The van der Waals surface area contributed by atoms with E-state index in [0.29, 0.717) is 48.3 Å². The molecule has 1 saturated heterocycles. The van der Waals surface area contributed by atoms with Crippen LogP contribution in [0.4, 0.5) is 11.5 Å². The third-order valence-electron chi connectivity index (χ3n) is 6.47. The molecule has 40 heavy (non-hydrogen) atoms. The molecule has 4 aromatic rings. The average molecular weight is 536 g/mol. The number of ether oxygens (including phenoxy) is 2. The molecule has 3 heterocycles. The topological polar surface area (TPSA) is 96.9 Å². The fourth-order valence-electron chi connectivity index (χ4n) is 4.38. The van der Waals surface area contributed by atoms with Crippen molar-refractivity contribution < 1.29 is 19.1 Å². The molecule has 0 unspecified atom stereocenters. The molecular formula is C31H29N5O4. The summed E-state index contributed by atoms with van der Waals surface area (Å²) in [6.07, 6.45) is 3.30. The maximum Gasteiger partial charge on any atom is 0.302 e. The fourth-order valence-corrected chi connectivity index (χ4v) is 4.38. The third-order valence-corrected chi connectivity index (χ3v) is 6.47. The summed E-state index contributed by atoms with van der Waals surface area (Å²) >= 11 is 0. The highest BCUT2D eigenvalue weighted by atomic mass is 16.5. The molecule has 0 aliphatic carbocycles. The molecule has 9 nitrogen and oxygen atoms in total. The van der Waals surface area contributed by atoms with Crippen molar-refractivity contribution in [2.75, 3.05) is 49.6 Å². The van der Waals surface area contributed by atoms with Gasteiger partial charge in [-0.25, -0.2) is 4.98 Å². The molecule has 2 amide bonds. The lowest BCUT2D eigenvalue weighted by Crippen LogP contribution is -2.43. The summed E-state index contributed by atoms with van der Waals surface area (Å²) in [4.78, 5) is 38.1. The summed E-state index contributed by atoms with van der Waals surface area (Å²) in [5, 5.41) is 3.52. The predicted molar refractivity (Wildman–Crippen MR) is 154 cm³/mol. The lowest BCUT2D eigenvalue weighted by Gasteiger charge is -2.29. The van der Waals surface area contributed by atoms with Gasteiger partial charge < -0.3 is 19.7 Å². The number of carbonyl (C=O) groups is 2. The highest BCUT2D eigenvalue weighted by Gasteiger charge is 2.18. The third kappa shape index (κ3) is 6.61. The minimum Gasteiger partial charge on any atom is -0.457 e. The Morgan fingerprint density at radius 1 is 1.02 bits per heavy atom.